The molecule has 1 N–H and O–H groups in total. The third kappa shape index (κ3) is 3.90. The van der Waals surface area contributed by atoms with Gasteiger partial charge in [-0.05, 0) is 56.3 Å². The Morgan fingerprint density at radius 3 is 2.47 bits per heavy atom. The molecule has 34 heavy (non-hydrogen) atoms. The van der Waals surface area contributed by atoms with Gasteiger partial charge in [0.15, 0.2) is 5.75 Å². The number of carbonyl (C=O) groups is 3. The van der Waals surface area contributed by atoms with Crippen LogP contribution in [0.2, 0.25) is 0 Å². The van der Waals surface area contributed by atoms with Crippen LogP contribution in [0.25, 0.3) is 0 Å². The van der Waals surface area contributed by atoms with Crippen molar-refractivity contribution in [2.24, 2.45) is 5.92 Å². The minimum Gasteiger partial charge on any atom is -0.454 e. The summed E-state index contributed by atoms with van der Waals surface area (Å²) >= 11 is 0. The van der Waals surface area contributed by atoms with Crippen LogP contribution in [0, 0.1) is 5.92 Å². The zero-order valence-corrected chi connectivity index (χ0v) is 19.0. The second-order valence-corrected chi connectivity index (χ2v) is 8.78. The van der Waals surface area contributed by atoms with Crippen LogP contribution in [0.4, 0.5) is 17.1 Å². The van der Waals surface area contributed by atoms with Crippen molar-refractivity contribution in [1.82, 2.24) is 0 Å². The van der Waals surface area contributed by atoms with Gasteiger partial charge in [-0.3, -0.25) is 14.4 Å². The Morgan fingerprint density at radius 1 is 0.971 bits per heavy atom. The molecule has 3 aromatic rings. The number of fused-ring (bicyclic) bond motifs is 2. The van der Waals surface area contributed by atoms with Crippen molar-refractivity contribution in [2.75, 3.05) is 21.7 Å². The van der Waals surface area contributed by atoms with Crippen LogP contribution in [0.5, 0.6) is 11.5 Å². The lowest BCUT2D eigenvalue weighted by atomic mass is 10.1. The summed E-state index contributed by atoms with van der Waals surface area (Å²) in [5.41, 5.74) is 2.41. The zero-order chi connectivity index (χ0) is 23.8. The molecule has 0 aromatic heterocycles. The molecule has 7 heteroatoms. The highest BCUT2D eigenvalue weighted by molar-refractivity contribution is 6.10. The second kappa shape index (κ2) is 8.67. The first kappa shape index (κ1) is 21.7. The maximum absolute atomic E-state index is 13.3. The molecule has 1 saturated heterocycles. The van der Waals surface area contributed by atoms with Crippen LogP contribution in [0.15, 0.2) is 72.8 Å². The quantitative estimate of drug-likeness (QED) is 0.611. The topological polar surface area (TPSA) is 79.0 Å². The van der Waals surface area contributed by atoms with Crippen molar-refractivity contribution in [3.8, 4) is 11.5 Å². The molecule has 2 aliphatic rings. The van der Waals surface area contributed by atoms with Gasteiger partial charge < -0.3 is 19.9 Å². The fourth-order valence-electron chi connectivity index (χ4n) is 4.46. The van der Waals surface area contributed by atoms with Gasteiger partial charge in [-0.1, -0.05) is 30.3 Å². The fourth-order valence-corrected chi connectivity index (χ4v) is 4.46. The molecular formula is C27H25N3O4. The SMILES string of the molecule is CC(C)N1C(=O)c2ccccc2Oc2ccc(NC(=O)[C@@H]3CC(=O)N(c4ccccc4)C3)cc21. The number of amides is 3. The van der Waals surface area contributed by atoms with Gasteiger partial charge in [0.2, 0.25) is 11.8 Å². The van der Waals surface area contributed by atoms with Gasteiger partial charge in [0.25, 0.3) is 5.91 Å². The highest BCUT2D eigenvalue weighted by Crippen LogP contribution is 2.41. The summed E-state index contributed by atoms with van der Waals surface area (Å²) < 4.78 is 6.06. The van der Waals surface area contributed by atoms with Crippen LogP contribution >= 0.6 is 0 Å². The smallest absolute Gasteiger partial charge is 0.262 e. The van der Waals surface area contributed by atoms with Crippen LogP contribution in [0.3, 0.4) is 0 Å². The van der Waals surface area contributed by atoms with Gasteiger partial charge in [0.1, 0.15) is 5.75 Å². The van der Waals surface area contributed by atoms with E-state index in [2.05, 4.69) is 5.32 Å². The average molecular weight is 456 g/mol. The van der Waals surface area contributed by atoms with Gasteiger partial charge in [0, 0.05) is 30.4 Å². The Bertz CT molecular complexity index is 1270. The fraction of sp³-hybridized carbons (Fsp3) is 0.222. The van der Waals surface area contributed by atoms with E-state index in [1.54, 1.807) is 40.1 Å². The van der Waals surface area contributed by atoms with E-state index in [-0.39, 0.29) is 30.2 Å². The first-order valence-electron chi connectivity index (χ1n) is 11.3. The standard InChI is InChI=1S/C27H25N3O4/c1-17(2)30-22-15-19(12-13-24(22)34-23-11-7-6-10-21(23)27(30)33)28-26(32)18-14-25(31)29(16-18)20-8-4-3-5-9-20/h3-13,15,17-18H,14,16H2,1-2H3,(H,28,32)/t18-/m1/s1. The monoisotopic (exact) mass is 455 g/mol. The minimum absolute atomic E-state index is 0.0731. The number of nitrogens with one attached hydrogen (secondary N) is 1. The minimum atomic E-state index is -0.463. The van der Waals surface area contributed by atoms with E-state index < -0.39 is 5.92 Å². The predicted octanol–water partition coefficient (Wildman–Crippen LogP) is 4.84. The van der Waals surface area contributed by atoms with E-state index in [0.717, 1.165) is 5.69 Å². The molecule has 0 radical (unpaired) electrons. The van der Waals surface area contributed by atoms with Crippen LogP contribution in [-0.2, 0) is 9.59 Å². The summed E-state index contributed by atoms with van der Waals surface area (Å²) in [7, 11) is 0. The maximum atomic E-state index is 13.3. The number of benzene rings is 3. The predicted molar refractivity (Wildman–Crippen MR) is 130 cm³/mol. The number of rotatable bonds is 4. The van der Waals surface area contributed by atoms with E-state index in [9.17, 15) is 14.4 Å². The molecule has 0 unspecified atom stereocenters. The average Bonchev–Trinajstić information content (AvgIpc) is 3.17. The molecule has 0 saturated carbocycles. The van der Waals surface area contributed by atoms with Crippen molar-refractivity contribution >= 4 is 34.8 Å². The Kier molecular flexibility index (Phi) is 5.53. The van der Waals surface area contributed by atoms with E-state index in [1.165, 1.54) is 0 Å². The first-order valence-corrected chi connectivity index (χ1v) is 11.3. The molecule has 1 fully saturated rings. The Morgan fingerprint density at radius 2 is 1.71 bits per heavy atom. The van der Waals surface area contributed by atoms with Crippen LogP contribution in [-0.4, -0.2) is 30.3 Å². The lowest BCUT2D eigenvalue weighted by molar-refractivity contribution is -0.122. The Hall–Kier alpha value is -4.13. The van der Waals surface area contributed by atoms with Crippen molar-refractivity contribution in [1.29, 1.82) is 0 Å². The van der Waals surface area contributed by atoms with E-state index >= 15 is 0 Å². The van der Waals surface area contributed by atoms with Crippen molar-refractivity contribution < 1.29 is 19.1 Å². The molecule has 7 nitrogen and oxygen atoms in total. The molecular weight excluding hydrogens is 430 g/mol. The number of anilines is 3. The second-order valence-electron chi connectivity index (χ2n) is 8.78. The summed E-state index contributed by atoms with van der Waals surface area (Å²) in [5, 5.41) is 2.93. The largest absolute Gasteiger partial charge is 0.454 e. The lowest BCUT2D eigenvalue weighted by Gasteiger charge is -2.26. The van der Waals surface area contributed by atoms with Gasteiger partial charge >= 0.3 is 0 Å². The van der Waals surface area contributed by atoms with Gasteiger partial charge in [-0.25, -0.2) is 0 Å². The number of hydrogen-bond acceptors (Lipinski definition) is 4. The van der Waals surface area contributed by atoms with Crippen molar-refractivity contribution in [3.05, 3.63) is 78.4 Å². The molecule has 3 aromatic carbocycles. The molecule has 1 atom stereocenters. The van der Waals surface area contributed by atoms with Gasteiger partial charge in [-0.15, -0.1) is 0 Å². The van der Waals surface area contributed by atoms with Crippen LogP contribution in [0.1, 0.15) is 30.6 Å². The molecule has 0 aliphatic carbocycles. The van der Waals surface area contributed by atoms with E-state index in [1.807, 2.05) is 56.3 Å². The van der Waals surface area contributed by atoms with Crippen molar-refractivity contribution in [3.63, 3.8) is 0 Å². The molecule has 5 rings (SSSR count). The number of para-hydroxylation sites is 2. The first-order chi connectivity index (χ1) is 16.4. The molecule has 0 spiro atoms. The van der Waals surface area contributed by atoms with Gasteiger partial charge in [0.05, 0.1) is 17.2 Å². The van der Waals surface area contributed by atoms with Crippen LogP contribution < -0.4 is 19.9 Å². The highest BCUT2D eigenvalue weighted by Gasteiger charge is 2.35. The highest BCUT2D eigenvalue weighted by atomic mass is 16.5. The summed E-state index contributed by atoms with van der Waals surface area (Å²) in [5.74, 6) is 0.112. The van der Waals surface area contributed by atoms with Crippen molar-refractivity contribution in [2.45, 2.75) is 26.3 Å². The molecule has 172 valence electrons. The normalized spacial score (nSPS) is 17.2. The third-order valence-electron chi connectivity index (χ3n) is 6.12. The third-order valence-corrected chi connectivity index (χ3v) is 6.12. The summed E-state index contributed by atoms with van der Waals surface area (Å²) in [6.07, 6.45) is 0.153. The van der Waals surface area contributed by atoms with E-state index in [4.69, 9.17) is 4.74 Å². The van der Waals surface area contributed by atoms with E-state index in [0.29, 0.717) is 35.0 Å². The molecule has 0 bridgehead atoms. The number of hydrogen-bond donors (Lipinski definition) is 1. The Labute approximate surface area is 197 Å². The molecule has 3 amide bonds. The number of nitrogens with zero attached hydrogens (tertiary/aromatic N) is 2. The number of carbonyl (C=O) groups excluding carboxylic acids is 3. The van der Waals surface area contributed by atoms with Gasteiger partial charge in [-0.2, -0.15) is 0 Å². The Balaban J connectivity index is 1.39. The summed E-state index contributed by atoms with van der Waals surface area (Å²) in [6, 6.07) is 21.6. The summed E-state index contributed by atoms with van der Waals surface area (Å²) in [6.45, 7) is 4.20. The summed E-state index contributed by atoms with van der Waals surface area (Å²) in [4.78, 5) is 42.2. The molecule has 2 aliphatic heterocycles. The maximum Gasteiger partial charge on any atom is 0.262 e. The number of ether oxygens (including phenoxy) is 1. The lowest BCUT2D eigenvalue weighted by Crippen LogP contribution is -2.36. The zero-order valence-electron chi connectivity index (χ0n) is 19.0. The molecule has 2 heterocycles.